The summed E-state index contributed by atoms with van der Waals surface area (Å²) >= 11 is 0. The van der Waals surface area contributed by atoms with Gasteiger partial charge >= 0.3 is 5.97 Å². The molecule has 1 aliphatic rings. The van der Waals surface area contributed by atoms with E-state index in [1.54, 1.807) is 12.5 Å². The summed E-state index contributed by atoms with van der Waals surface area (Å²) in [6.45, 7) is 0.784. The number of hydrogen-bond donors (Lipinski definition) is 1. The molecule has 0 radical (unpaired) electrons. The van der Waals surface area contributed by atoms with Crippen molar-refractivity contribution in [3.05, 3.63) is 18.2 Å². The fraction of sp³-hybridized carbons (Fsp3) is 0.429. The van der Waals surface area contributed by atoms with Crippen LogP contribution >= 0.6 is 0 Å². The van der Waals surface area contributed by atoms with Gasteiger partial charge in [-0.25, -0.2) is 4.98 Å². The van der Waals surface area contributed by atoms with Crippen LogP contribution in [0.4, 0.5) is 0 Å². The highest BCUT2D eigenvalue weighted by atomic mass is 16.4. The summed E-state index contributed by atoms with van der Waals surface area (Å²) in [6, 6.07) is 0. The number of aryl methyl sites for hydroxylation is 1. The molecule has 1 atom stereocenters. The summed E-state index contributed by atoms with van der Waals surface area (Å²) in [4.78, 5) is 14.5. The first-order chi connectivity index (χ1) is 5.29. The Bertz CT molecular complexity index is 292. The normalized spacial score (nSPS) is 21.6. The van der Waals surface area contributed by atoms with Gasteiger partial charge in [-0.2, -0.15) is 0 Å². The molecule has 0 fully saturated rings. The van der Waals surface area contributed by atoms with E-state index in [0.717, 1.165) is 12.2 Å². The van der Waals surface area contributed by atoms with Crippen LogP contribution in [0.5, 0.6) is 0 Å². The second-order valence-corrected chi connectivity index (χ2v) is 2.69. The highest BCUT2D eigenvalue weighted by molar-refractivity contribution is 5.75. The lowest BCUT2D eigenvalue weighted by molar-refractivity contribution is -0.138. The van der Waals surface area contributed by atoms with Gasteiger partial charge in [0, 0.05) is 12.7 Å². The van der Waals surface area contributed by atoms with E-state index < -0.39 is 5.97 Å². The van der Waals surface area contributed by atoms with Gasteiger partial charge in [0.05, 0.1) is 12.0 Å². The molecule has 0 saturated carbocycles. The summed E-state index contributed by atoms with van der Waals surface area (Å²) in [5, 5.41) is 8.74. The summed E-state index contributed by atoms with van der Waals surface area (Å²) < 4.78 is 1.89. The molecule has 1 aromatic rings. The third-order valence-electron chi connectivity index (χ3n) is 2.06. The van der Waals surface area contributed by atoms with Gasteiger partial charge in [0.1, 0.15) is 5.92 Å². The van der Waals surface area contributed by atoms with Crippen molar-refractivity contribution in [2.45, 2.75) is 18.9 Å². The lowest BCUT2D eigenvalue weighted by Crippen LogP contribution is -2.07. The molecule has 58 valence electrons. The Labute approximate surface area is 63.5 Å². The quantitative estimate of drug-likeness (QED) is 0.635. The van der Waals surface area contributed by atoms with Crippen LogP contribution in [0.25, 0.3) is 0 Å². The molecule has 0 saturated heterocycles. The molecule has 2 heterocycles. The average Bonchev–Trinajstić information content (AvgIpc) is 2.41. The molecule has 4 nitrogen and oxygen atoms in total. The topological polar surface area (TPSA) is 55.1 Å². The largest absolute Gasteiger partial charge is 0.481 e. The maximum Gasteiger partial charge on any atom is 0.312 e. The van der Waals surface area contributed by atoms with Gasteiger partial charge in [0.2, 0.25) is 0 Å². The van der Waals surface area contributed by atoms with Crippen molar-refractivity contribution in [3.8, 4) is 0 Å². The van der Waals surface area contributed by atoms with Crippen molar-refractivity contribution in [2.24, 2.45) is 0 Å². The van der Waals surface area contributed by atoms with Crippen LogP contribution in [0.2, 0.25) is 0 Å². The molecule has 1 unspecified atom stereocenters. The summed E-state index contributed by atoms with van der Waals surface area (Å²) in [6.07, 6.45) is 4.01. The zero-order valence-corrected chi connectivity index (χ0v) is 5.90. The average molecular weight is 152 g/mol. The molecule has 0 bridgehead atoms. The molecule has 1 N–H and O–H groups in total. The third-order valence-corrected chi connectivity index (χ3v) is 2.06. The van der Waals surface area contributed by atoms with Crippen molar-refractivity contribution in [3.63, 3.8) is 0 Å². The van der Waals surface area contributed by atoms with Crippen LogP contribution in [-0.2, 0) is 11.3 Å². The van der Waals surface area contributed by atoms with Gasteiger partial charge in [-0.1, -0.05) is 0 Å². The Morgan fingerprint density at radius 2 is 2.64 bits per heavy atom. The fourth-order valence-electron chi connectivity index (χ4n) is 1.47. The van der Waals surface area contributed by atoms with Gasteiger partial charge in [0.25, 0.3) is 0 Å². The molecular weight excluding hydrogens is 144 g/mol. The van der Waals surface area contributed by atoms with E-state index in [9.17, 15) is 4.79 Å². The second kappa shape index (κ2) is 2.08. The summed E-state index contributed by atoms with van der Waals surface area (Å²) in [7, 11) is 0. The standard InChI is InChI=1S/C7H8N2O2/c10-7(11)5-1-2-9-4-8-3-6(5)9/h3-5H,1-2H2,(H,10,11). The predicted octanol–water partition coefficient (Wildman–Crippen LogP) is 0.455. The predicted molar refractivity (Wildman–Crippen MR) is 37.2 cm³/mol. The monoisotopic (exact) mass is 152 g/mol. The Morgan fingerprint density at radius 1 is 1.82 bits per heavy atom. The van der Waals surface area contributed by atoms with Crippen LogP contribution in [-0.4, -0.2) is 20.6 Å². The van der Waals surface area contributed by atoms with Crippen molar-refractivity contribution in [1.82, 2.24) is 9.55 Å². The SMILES string of the molecule is O=C(O)C1CCn2cncc21. The minimum atomic E-state index is -0.746. The highest BCUT2D eigenvalue weighted by Crippen LogP contribution is 2.26. The fourth-order valence-corrected chi connectivity index (χ4v) is 1.47. The van der Waals surface area contributed by atoms with Gasteiger partial charge in [-0.05, 0) is 6.42 Å². The van der Waals surface area contributed by atoms with E-state index in [1.807, 2.05) is 4.57 Å². The highest BCUT2D eigenvalue weighted by Gasteiger charge is 2.28. The maximum absolute atomic E-state index is 10.6. The van der Waals surface area contributed by atoms with Crippen LogP contribution in [0, 0.1) is 0 Å². The van der Waals surface area contributed by atoms with Crippen molar-refractivity contribution >= 4 is 5.97 Å². The van der Waals surface area contributed by atoms with E-state index in [-0.39, 0.29) is 5.92 Å². The van der Waals surface area contributed by atoms with Gasteiger partial charge < -0.3 is 9.67 Å². The zero-order valence-electron chi connectivity index (χ0n) is 5.90. The molecule has 0 amide bonds. The number of rotatable bonds is 1. The molecule has 0 aromatic carbocycles. The Morgan fingerprint density at radius 3 is 3.36 bits per heavy atom. The number of fused-ring (bicyclic) bond motifs is 1. The Hall–Kier alpha value is -1.32. The maximum atomic E-state index is 10.6. The molecule has 0 spiro atoms. The van der Waals surface area contributed by atoms with Crippen LogP contribution in [0.3, 0.4) is 0 Å². The number of carboxylic acids is 1. The van der Waals surface area contributed by atoms with E-state index in [2.05, 4.69) is 4.98 Å². The molecule has 0 aliphatic carbocycles. The first-order valence-electron chi connectivity index (χ1n) is 3.52. The zero-order chi connectivity index (χ0) is 7.84. The van der Waals surface area contributed by atoms with Gasteiger partial charge in [0.15, 0.2) is 0 Å². The second-order valence-electron chi connectivity index (χ2n) is 2.69. The van der Waals surface area contributed by atoms with Crippen LogP contribution < -0.4 is 0 Å². The van der Waals surface area contributed by atoms with E-state index in [0.29, 0.717) is 6.42 Å². The first kappa shape index (κ1) is 6.39. The van der Waals surface area contributed by atoms with Crippen molar-refractivity contribution in [2.75, 3.05) is 0 Å². The van der Waals surface area contributed by atoms with Gasteiger partial charge in [-0.3, -0.25) is 4.79 Å². The summed E-state index contributed by atoms with van der Waals surface area (Å²) in [5.74, 6) is -1.08. The van der Waals surface area contributed by atoms with E-state index in [4.69, 9.17) is 5.11 Å². The third kappa shape index (κ3) is 0.824. The first-order valence-corrected chi connectivity index (χ1v) is 3.52. The smallest absolute Gasteiger partial charge is 0.312 e. The number of aliphatic carboxylic acids is 1. The van der Waals surface area contributed by atoms with E-state index >= 15 is 0 Å². The number of carboxylic acid groups (broad SMARTS) is 1. The Balaban J connectivity index is 2.38. The van der Waals surface area contributed by atoms with Crippen molar-refractivity contribution < 1.29 is 9.90 Å². The minimum absolute atomic E-state index is 0.336. The van der Waals surface area contributed by atoms with Crippen molar-refractivity contribution in [1.29, 1.82) is 0 Å². The van der Waals surface area contributed by atoms with Gasteiger partial charge in [-0.15, -0.1) is 0 Å². The minimum Gasteiger partial charge on any atom is -0.481 e. The van der Waals surface area contributed by atoms with E-state index in [1.165, 1.54) is 0 Å². The summed E-state index contributed by atoms with van der Waals surface area (Å²) in [5.41, 5.74) is 0.831. The molecule has 11 heavy (non-hydrogen) atoms. The Kier molecular flexibility index (Phi) is 1.21. The lowest BCUT2D eigenvalue weighted by atomic mass is 10.1. The molecule has 1 aromatic heterocycles. The number of imidazole rings is 1. The molecule has 1 aliphatic heterocycles. The molecular formula is C7H8N2O2. The van der Waals surface area contributed by atoms with Crippen LogP contribution in [0.1, 0.15) is 18.0 Å². The number of nitrogens with zero attached hydrogens (tertiary/aromatic N) is 2. The lowest BCUT2D eigenvalue weighted by Gasteiger charge is -1.99. The van der Waals surface area contributed by atoms with Crippen LogP contribution in [0.15, 0.2) is 12.5 Å². The molecule has 2 rings (SSSR count). The number of aromatic nitrogens is 2. The number of hydrogen-bond acceptors (Lipinski definition) is 2. The molecule has 4 heteroatoms. The number of carbonyl (C=O) groups is 1.